The van der Waals surface area contributed by atoms with E-state index in [0.29, 0.717) is 19.6 Å². The number of carbonyl (C=O) groups is 1. The van der Waals surface area contributed by atoms with Crippen LogP contribution >= 0.6 is 0 Å². The van der Waals surface area contributed by atoms with Gasteiger partial charge in [-0.15, -0.1) is 0 Å². The first-order valence-electron chi connectivity index (χ1n) is 10.5. The maximum atomic E-state index is 12.9. The number of aryl methyl sites for hydroxylation is 1. The minimum Gasteiger partial charge on any atom is -0.390 e. The van der Waals surface area contributed by atoms with E-state index in [-0.39, 0.29) is 5.91 Å². The predicted octanol–water partition coefficient (Wildman–Crippen LogP) is 3.06. The van der Waals surface area contributed by atoms with Gasteiger partial charge in [0, 0.05) is 38.3 Å². The molecule has 0 aromatic heterocycles. The van der Waals surface area contributed by atoms with Crippen LogP contribution in [-0.4, -0.2) is 53.1 Å². The number of aliphatic hydroxyl groups is 1. The zero-order chi connectivity index (χ0) is 19.5. The normalized spacial score (nSPS) is 17.9. The van der Waals surface area contributed by atoms with Crippen molar-refractivity contribution in [3.05, 3.63) is 70.3 Å². The second-order valence-corrected chi connectivity index (χ2v) is 8.15. The van der Waals surface area contributed by atoms with E-state index >= 15 is 0 Å². The highest BCUT2D eigenvalue weighted by atomic mass is 16.3. The topological polar surface area (TPSA) is 43.8 Å². The van der Waals surface area contributed by atoms with Crippen LogP contribution in [0.1, 0.15) is 46.0 Å². The number of carbonyl (C=O) groups excluding carboxylic acids is 1. The molecule has 4 heteroatoms. The van der Waals surface area contributed by atoms with Crippen LogP contribution in [0.5, 0.6) is 0 Å². The van der Waals surface area contributed by atoms with Gasteiger partial charge in [-0.25, -0.2) is 0 Å². The highest BCUT2D eigenvalue weighted by Crippen LogP contribution is 2.22. The first kappa shape index (κ1) is 19.2. The maximum Gasteiger partial charge on any atom is 0.254 e. The van der Waals surface area contributed by atoms with Crippen molar-refractivity contribution in [2.24, 2.45) is 0 Å². The summed E-state index contributed by atoms with van der Waals surface area (Å²) in [6.07, 6.45) is 3.56. The second-order valence-electron chi connectivity index (χ2n) is 8.15. The molecule has 0 spiro atoms. The minimum absolute atomic E-state index is 0.0624. The van der Waals surface area contributed by atoms with Crippen molar-refractivity contribution in [1.82, 2.24) is 9.80 Å². The summed E-state index contributed by atoms with van der Waals surface area (Å²) in [5.41, 5.74) is 6.05. The number of nitrogens with zero attached hydrogens (tertiary/aromatic N) is 2. The number of rotatable bonds is 6. The van der Waals surface area contributed by atoms with Crippen molar-refractivity contribution in [2.75, 3.05) is 26.2 Å². The number of amides is 1. The predicted molar refractivity (Wildman–Crippen MR) is 111 cm³/mol. The molecule has 1 amide bonds. The maximum absolute atomic E-state index is 12.9. The summed E-state index contributed by atoms with van der Waals surface area (Å²) in [7, 11) is 0. The van der Waals surface area contributed by atoms with Gasteiger partial charge in [-0.05, 0) is 47.6 Å². The van der Waals surface area contributed by atoms with Crippen LogP contribution < -0.4 is 0 Å². The van der Waals surface area contributed by atoms with Gasteiger partial charge in [0.1, 0.15) is 0 Å². The Morgan fingerprint density at radius 3 is 2.61 bits per heavy atom. The smallest absolute Gasteiger partial charge is 0.254 e. The first-order valence-corrected chi connectivity index (χ1v) is 10.5. The van der Waals surface area contributed by atoms with Gasteiger partial charge in [-0.1, -0.05) is 49.7 Å². The molecular weight excluding hydrogens is 348 g/mol. The van der Waals surface area contributed by atoms with E-state index in [1.807, 2.05) is 11.0 Å². The molecule has 2 heterocycles. The van der Waals surface area contributed by atoms with Crippen LogP contribution in [0.25, 0.3) is 0 Å². The van der Waals surface area contributed by atoms with Crippen molar-refractivity contribution in [3.8, 4) is 0 Å². The molecule has 0 saturated carbocycles. The van der Waals surface area contributed by atoms with Crippen LogP contribution in [0.4, 0.5) is 0 Å². The fraction of sp³-hybridized carbons (Fsp3) is 0.458. The monoisotopic (exact) mass is 378 g/mol. The summed E-state index contributed by atoms with van der Waals surface area (Å²) in [6, 6.07) is 14.8. The molecule has 0 radical (unpaired) electrons. The van der Waals surface area contributed by atoms with Crippen molar-refractivity contribution in [3.63, 3.8) is 0 Å². The summed E-state index contributed by atoms with van der Waals surface area (Å²) in [6.45, 7) is 5.73. The molecular formula is C24H30N2O2. The standard InChI is InChI=1S/C24H30N2O2/c1-2-5-18-8-9-23-20(14-18)11-13-26(24(23)28)17-22(27)16-25-12-10-19-6-3-4-7-21(19)15-25/h3-4,6-9,14,22,27H,2,5,10-13,15-17H2,1H3/t22-/m1/s1. The van der Waals surface area contributed by atoms with Gasteiger partial charge in [-0.2, -0.15) is 0 Å². The van der Waals surface area contributed by atoms with Gasteiger partial charge in [0.25, 0.3) is 5.91 Å². The molecule has 1 N–H and O–H groups in total. The van der Waals surface area contributed by atoms with E-state index in [1.54, 1.807) is 0 Å². The number of fused-ring (bicyclic) bond motifs is 2. The molecule has 2 aromatic rings. The fourth-order valence-electron chi connectivity index (χ4n) is 4.53. The number of β-amino-alcohol motifs (C(OH)–C–C–N with tert-alkyl or cyclic N) is 1. The third-order valence-corrected chi connectivity index (χ3v) is 5.99. The Labute approximate surface area is 167 Å². The molecule has 28 heavy (non-hydrogen) atoms. The Morgan fingerprint density at radius 1 is 1.00 bits per heavy atom. The van der Waals surface area contributed by atoms with Gasteiger partial charge in [0.15, 0.2) is 0 Å². The molecule has 2 aliphatic heterocycles. The third kappa shape index (κ3) is 4.13. The van der Waals surface area contributed by atoms with Crippen LogP contribution in [0, 0.1) is 0 Å². The van der Waals surface area contributed by atoms with Crippen molar-refractivity contribution in [2.45, 2.75) is 45.3 Å². The fourth-order valence-corrected chi connectivity index (χ4v) is 4.53. The van der Waals surface area contributed by atoms with E-state index in [4.69, 9.17) is 0 Å². The van der Waals surface area contributed by atoms with Gasteiger partial charge >= 0.3 is 0 Å². The molecule has 0 bridgehead atoms. The number of hydrogen-bond acceptors (Lipinski definition) is 3. The second kappa shape index (κ2) is 8.46. The molecule has 0 saturated heterocycles. The minimum atomic E-state index is -0.518. The lowest BCUT2D eigenvalue weighted by Crippen LogP contribution is -2.46. The lowest BCUT2D eigenvalue weighted by atomic mass is 9.95. The summed E-state index contributed by atoms with van der Waals surface area (Å²) >= 11 is 0. The Hall–Kier alpha value is -2.17. The van der Waals surface area contributed by atoms with Crippen molar-refractivity contribution in [1.29, 1.82) is 0 Å². The van der Waals surface area contributed by atoms with E-state index in [9.17, 15) is 9.90 Å². The molecule has 4 rings (SSSR count). The average Bonchev–Trinajstić information content (AvgIpc) is 2.70. The SMILES string of the molecule is CCCc1ccc2c(c1)CCN(C[C@H](O)CN1CCc3ccccc3C1)C2=O. The van der Waals surface area contributed by atoms with Gasteiger partial charge < -0.3 is 10.0 Å². The van der Waals surface area contributed by atoms with Gasteiger partial charge in [0.05, 0.1) is 6.10 Å². The van der Waals surface area contributed by atoms with E-state index in [2.05, 4.69) is 48.2 Å². The van der Waals surface area contributed by atoms with E-state index in [1.165, 1.54) is 16.7 Å². The largest absolute Gasteiger partial charge is 0.390 e. The first-order chi connectivity index (χ1) is 13.6. The van der Waals surface area contributed by atoms with Crippen LogP contribution in [-0.2, 0) is 25.8 Å². The molecule has 0 unspecified atom stereocenters. The van der Waals surface area contributed by atoms with E-state index in [0.717, 1.165) is 49.9 Å². The highest BCUT2D eigenvalue weighted by molar-refractivity contribution is 5.96. The summed E-state index contributed by atoms with van der Waals surface area (Å²) in [4.78, 5) is 17.0. The lowest BCUT2D eigenvalue weighted by Gasteiger charge is -2.34. The number of hydrogen-bond donors (Lipinski definition) is 1. The van der Waals surface area contributed by atoms with E-state index < -0.39 is 6.10 Å². The quantitative estimate of drug-likeness (QED) is 0.840. The summed E-state index contributed by atoms with van der Waals surface area (Å²) in [5.74, 6) is 0.0624. The Balaban J connectivity index is 1.35. The molecule has 1 atom stereocenters. The number of aliphatic hydroxyl groups excluding tert-OH is 1. The molecule has 2 aromatic carbocycles. The zero-order valence-corrected chi connectivity index (χ0v) is 16.7. The van der Waals surface area contributed by atoms with Crippen LogP contribution in [0.15, 0.2) is 42.5 Å². The lowest BCUT2D eigenvalue weighted by molar-refractivity contribution is 0.0493. The Morgan fingerprint density at radius 2 is 1.79 bits per heavy atom. The van der Waals surface area contributed by atoms with Crippen molar-refractivity contribution < 1.29 is 9.90 Å². The molecule has 4 nitrogen and oxygen atoms in total. The summed E-state index contributed by atoms with van der Waals surface area (Å²) in [5, 5.41) is 10.6. The average molecular weight is 379 g/mol. The van der Waals surface area contributed by atoms with Gasteiger partial charge in [-0.3, -0.25) is 9.69 Å². The Kier molecular flexibility index (Phi) is 5.79. The molecule has 0 aliphatic carbocycles. The van der Waals surface area contributed by atoms with Crippen molar-refractivity contribution >= 4 is 5.91 Å². The Bertz CT molecular complexity index is 848. The van der Waals surface area contributed by atoms with Gasteiger partial charge in [0.2, 0.25) is 0 Å². The zero-order valence-electron chi connectivity index (χ0n) is 16.7. The molecule has 2 aliphatic rings. The van der Waals surface area contributed by atoms with Crippen LogP contribution in [0.2, 0.25) is 0 Å². The molecule has 0 fully saturated rings. The third-order valence-electron chi connectivity index (χ3n) is 5.99. The van der Waals surface area contributed by atoms with Crippen LogP contribution in [0.3, 0.4) is 0 Å². The highest BCUT2D eigenvalue weighted by Gasteiger charge is 2.27. The number of benzene rings is 2. The summed E-state index contributed by atoms with van der Waals surface area (Å²) < 4.78 is 0. The molecule has 148 valence electrons.